The first-order valence-electron chi connectivity index (χ1n) is 6.76. The van der Waals surface area contributed by atoms with Gasteiger partial charge in [-0.25, -0.2) is 4.79 Å². The number of rotatable bonds is 5. The highest BCUT2D eigenvalue weighted by Gasteiger charge is 2.37. The fraction of sp³-hybridized carbons (Fsp3) is 0.467. The van der Waals surface area contributed by atoms with E-state index >= 15 is 0 Å². The van der Waals surface area contributed by atoms with E-state index in [-0.39, 0.29) is 17.4 Å². The summed E-state index contributed by atoms with van der Waals surface area (Å²) < 4.78 is 5.44. The first kappa shape index (κ1) is 14.5. The molecule has 5 nitrogen and oxygen atoms in total. The highest BCUT2D eigenvalue weighted by Crippen LogP contribution is 2.34. The number of methoxy groups -OCH3 is 1. The second-order valence-corrected chi connectivity index (χ2v) is 5.19. The molecule has 0 aliphatic heterocycles. The summed E-state index contributed by atoms with van der Waals surface area (Å²) in [6.45, 7) is 2.00. The van der Waals surface area contributed by atoms with Gasteiger partial charge >= 0.3 is 6.03 Å². The van der Waals surface area contributed by atoms with Gasteiger partial charge in [0.25, 0.3) is 0 Å². The normalized spacial score (nSPS) is 16.1. The number of hydrogen-bond acceptors (Lipinski definition) is 3. The zero-order valence-electron chi connectivity index (χ0n) is 11.9. The fourth-order valence-corrected chi connectivity index (χ4v) is 2.26. The molecule has 1 aromatic carbocycles. The van der Waals surface area contributed by atoms with Crippen molar-refractivity contribution in [3.05, 3.63) is 29.8 Å². The van der Waals surface area contributed by atoms with Crippen molar-refractivity contribution in [2.24, 2.45) is 0 Å². The molecule has 0 unspecified atom stereocenters. The monoisotopic (exact) mass is 276 g/mol. The van der Waals surface area contributed by atoms with E-state index in [1.807, 2.05) is 0 Å². The number of hydrogen-bond donors (Lipinski definition) is 2. The predicted molar refractivity (Wildman–Crippen MR) is 77.1 cm³/mol. The number of nitrogens with one attached hydrogen (secondary N) is 2. The van der Waals surface area contributed by atoms with Crippen LogP contribution in [0.2, 0.25) is 0 Å². The Bertz CT molecular complexity index is 504. The molecule has 108 valence electrons. The summed E-state index contributed by atoms with van der Waals surface area (Å²) in [5.74, 6) is -0.0261. The molecule has 1 fully saturated rings. The molecule has 1 aliphatic rings. The Labute approximate surface area is 118 Å². The van der Waals surface area contributed by atoms with Gasteiger partial charge in [0.2, 0.25) is 0 Å². The van der Waals surface area contributed by atoms with E-state index in [0.29, 0.717) is 17.8 Å². The molecule has 0 spiro atoms. The zero-order chi connectivity index (χ0) is 14.6. The first-order valence-corrected chi connectivity index (χ1v) is 6.76. The number of ether oxygens (including phenoxy) is 1. The Balaban J connectivity index is 1.88. The molecule has 2 amide bonds. The van der Waals surface area contributed by atoms with Gasteiger partial charge in [0.05, 0.1) is 5.60 Å². The van der Waals surface area contributed by atoms with Crippen molar-refractivity contribution in [2.75, 3.05) is 19.0 Å². The van der Waals surface area contributed by atoms with E-state index in [1.165, 1.54) is 6.92 Å². The lowest BCUT2D eigenvalue weighted by molar-refractivity contribution is -0.0671. The van der Waals surface area contributed by atoms with Gasteiger partial charge in [-0.3, -0.25) is 4.79 Å². The number of urea groups is 1. The molecule has 0 radical (unpaired) electrons. The van der Waals surface area contributed by atoms with Gasteiger partial charge in [-0.1, -0.05) is 12.1 Å². The van der Waals surface area contributed by atoms with Crippen LogP contribution in [0.1, 0.15) is 36.5 Å². The lowest BCUT2D eigenvalue weighted by atomic mass is 9.80. The van der Waals surface area contributed by atoms with Gasteiger partial charge in [-0.15, -0.1) is 0 Å². The van der Waals surface area contributed by atoms with Crippen LogP contribution in [0.25, 0.3) is 0 Å². The second-order valence-electron chi connectivity index (χ2n) is 5.19. The lowest BCUT2D eigenvalue weighted by Crippen LogP contribution is -2.50. The average molecular weight is 276 g/mol. The minimum Gasteiger partial charge on any atom is -0.376 e. The minimum absolute atomic E-state index is 0.0261. The molecule has 0 bridgehead atoms. The summed E-state index contributed by atoms with van der Waals surface area (Å²) in [4.78, 5) is 23.1. The molecule has 0 aromatic heterocycles. The smallest absolute Gasteiger partial charge is 0.319 e. The van der Waals surface area contributed by atoms with Gasteiger partial charge in [0.15, 0.2) is 5.78 Å². The Hall–Kier alpha value is -1.88. The highest BCUT2D eigenvalue weighted by atomic mass is 16.5. The molecule has 1 aromatic rings. The van der Waals surface area contributed by atoms with Crippen LogP contribution in [-0.4, -0.2) is 31.1 Å². The standard InChI is InChI=1S/C15H20N2O3/c1-11(18)12-5-3-6-13(9-12)17-14(19)16-10-15(20-2)7-4-8-15/h3,5-6,9H,4,7-8,10H2,1-2H3,(H2,16,17,19). The Morgan fingerprint density at radius 1 is 1.35 bits per heavy atom. The van der Waals surface area contributed by atoms with Gasteiger partial charge in [0, 0.05) is 24.9 Å². The molecule has 2 rings (SSSR count). The van der Waals surface area contributed by atoms with Gasteiger partial charge < -0.3 is 15.4 Å². The lowest BCUT2D eigenvalue weighted by Gasteiger charge is -2.40. The molecule has 5 heteroatoms. The molecular formula is C15H20N2O3. The van der Waals surface area contributed by atoms with Crippen LogP contribution in [0.5, 0.6) is 0 Å². The first-order chi connectivity index (χ1) is 9.54. The quantitative estimate of drug-likeness (QED) is 0.812. The van der Waals surface area contributed by atoms with E-state index in [4.69, 9.17) is 4.74 Å². The third kappa shape index (κ3) is 3.36. The van der Waals surface area contributed by atoms with Crippen LogP contribution in [0.4, 0.5) is 10.5 Å². The van der Waals surface area contributed by atoms with Crippen LogP contribution >= 0.6 is 0 Å². The third-order valence-corrected chi connectivity index (χ3v) is 3.80. The zero-order valence-corrected chi connectivity index (χ0v) is 11.9. The van der Waals surface area contributed by atoms with Crippen LogP contribution in [0, 0.1) is 0 Å². The van der Waals surface area contributed by atoms with E-state index < -0.39 is 0 Å². The van der Waals surface area contributed by atoms with Crippen LogP contribution in [-0.2, 0) is 4.74 Å². The second kappa shape index (κ2) is 6.05. The average Bonchev–Trinajstić information content (AvgIpc) is 2.38. The molecular weight excluding hydrogens is 256 g/mol. The van der Waals surface area contributed by atoms with E-state index in [2.05, 4.69) is 10.6 Å². The number of Topliss-reactive ketones (excluding diaryl/α,β-unsaturated/α-hetero) is 1. The van der Waals surface area contributed by atoms with Crippen LogP contribution in [0.15, 0.2) is 24.3 Å². The molecule has 2 N–H and O–H groups in total. The fourth-order valence-electron chi connectivity index (χ4n) is 2.26. The number of ketones is 1. The number of carbonyl (C=O) groups is 2. The minimum atomic E-state index is -0.283. The summed E-state index contributed by atoms with van der Waals surface area (Å²) in [5.41, 5.74) is 0.990. The summed E-state index contributed by atoms with van der Waals surface area (Å²) in [6.07, 6.45) is 3.09. The molecule has 1 aliphatic carbocycles. The molecule has 1 saturated carbocycles. The summed E-state index contributed by atoms with van der Waals surface area (Å²) in [5, 5.41) is 5.54. The maximum atomic E-state index is 11.8. The van der Waals surface area contributed by atoms with E-state index in [1.54, 1.807) is 31.4 Å². The Morgan fingerprint density at radius 2 is 2.10 bits per heavy atom. The van der Waals surface area contributed by atoms with Crippen molar-refractivity contribution >= 4 is 17.5 Å². The van der Waals surface area contributed by atoms with Gasteiger partial charge in [0.1, 0.15) is 0 Å². The van der Waals surface area contributed by atoms with Crippen molar-refractivity contribution < 1.29 is 14.3 Å². The highest BCUT2D eigenvalue weighted by molar-refractivity contribution is 5.96. The maximum absolute atomic E-state index is 11.8. The summed E-state index contributed by atoms with van der Waals surface area (Å²) in [7, 11) is 1.68. The topological polar surface area (TPSA) is 67.4 Å². The van der Waals surface area contributed by atoms with Gasteiger partial charge in [-0.05, 0) is 38.3 Å². The Kier molecular flexibility index (Phi) is 4.39. The van der Waals surface area contributed by atoms with Crippen molar-refractivity contribution in [3.63, 3.8) is 0 Å². The maximum Gasteiger partial charge on any atom is 0.319 e. The summed E-state index contributed by atoms with van der Waals surface area (Å²) in [6, 6.07) is 6.60. The third-order valence-electron chi connectivity index (χ3n) is 3.80. The molecule has 0 saturated heterocycles. The Morgan fingerprint density at radius 3 is 2.65 bits per heavy atom. The van der Waals surface area contributed by atoms with Gasteiger partial charge in [-0.2, -0.15) is 0 Å². The molecule has 0 heterocycles. The summed E-state index contributed by atoms with van der Waals surface area (Å²) >= 11 is 0. The van der Waals surface area contributed by atoms with E-state index in [0.717, 1.165) is 19.3 Å². The van der Waals surface area contributed by atoms with Crippen molar-refractivity contribution in [1.29, 1.82) is 0 Å². The number of benzene rings is 1. The van der Waals surface area contributed by atoms with Crippen molar-refractivity contribution in [3.8, 4) is 0 Å². The number of anilines is 1. The van der Waals surface area contributed by atoms with Crippen molar-refractivity contribution in [1.82, 2.24) is 5.32 Å². The largest absolute Gasteiger partial charge is 0.376 e. The van der Waals surface area contributed by atoms with Crippen LogP contribution in [0.3, 0.4) is 0 Å². The molecule has 20 heavy (non-hydrogen) atoms. The van der Waals surface area contributed by atoms with Crippen molar-refractivity contribution in [2.45, 2.75) is 31.8 Å². The number of carbonyl (C=O) groups excluding carboxylic acids is 2. The SMILES string of the molecule is COC1(CNC(=O)Nc2cccc(C(C)=O)c2)CCC1. The van der Waals surface area contributed by atoms with E-state index in [9.17, 15) is 9.59 Å². The van der Waals surface area contributed by atoms with Crippen LogP contribution < -0.4 is 10.6 Å². The number of amides is 2. The predicted octanol–water partition coefficient (Wildman–Crippen LogP) is 2.58. The molecule has 0 atom stereocenters.